The van der Waals surface area contributed by atoms with Crippen molar-refractivity contribution in [1.29, 1.82) is 0 Å². The molecule has 0 aromatic heterocycles. The summed E-state index contributed by atoms with van der Waals surface area (Å²) >= 11 is 0. The lowest BCUT2D eigenvalue weighted by molar-refractivity contribution is 0.284. The highest BCUT2D eigenvalue weighted by Crippen LogP contribution is 2.37. The zero-order chi connectivity index (χ0) is 12.1. The number of rotatable bonds is 6. The Morgan fingerprint density at radius 1 is 1.24 bits per heavy atom. The molecule has 17 heavy (non-hydrogen) atoms. The maximum Gasteiger partial charge on any atom is 0.126 e. The van der Waals surface area contributed by atoms with E-state index in [1.54, 1.807) is 12.1 Å². The summed E-state index contributed by atoms with van der Waals surface area (Å²) in [5.74, 6) is 0.349. The molecule has 3 N–H and O–H groups in total. The Kier molecular flexibility index (Phi) is 4.51. The molecule has 0 aliphatic heterocycles. The first-order valence-corrected chi connectivity index (χ1v) is 6.49. The Balaban J connectivity index is 1.70. The minimum atomic E-state index is -0.0564. The van der Waals surface area contributed by atoms with Crippen LogP contribution in [0.4, 0.5) is 4.39 Å². The average Bonchev–Trinajstić information content (AvgIpc) is 2.28. The van der Waals surface area contributed by atoms with E-state index >= 15 is 0 Å². The summed E-state index contributed by atoms with van der Waals surface area (Å²) in [7, 11) is 0. The number of unbranched alkanes of at least 4 members (excludes halogenated alkanes) is 1. The van der Waals surface area contributed by atoms with Gasteiger partial charge in [-0.25, -0.2) is 4.39 Å². The number of hydrogen-bond acceptors (Lipinski definition) is 2. The van der Waals surface area contributed by atoms with E-state index in [4.69, 9.17) is 5.73 Å². The molecule has 0 amide bonds. The molecule has 0 atom stereocenters. The first-order valence-electron chi connectivity index (χ1n) is 6.49. The summed E-state index contributed by atoms with van der Waals surface area (Å²) in [4.78, 5) is 0. The SMILES string of the molecule is NCCCCNC1CC(c2ccccc2F)C1. The molecule has 1 aromatic rings. The second-order valence-electron chi connectivity index (χ2n) is 4.84. The van der Waals surface area contributed by atoms with Crippen LogP contribution in [0.15, 0.2) is 24.3 Å². The van der Waals surface area contributed by atoms with E-state index in [1.807, 2.05) is 12.1 Å². The molecule has 0 radical (unpaired) electrons. The van der Waals surface area contributed by atoms with Crippen LogP contribution in [0.1, 0.15) is 37.2 Å². The molecule has 1 fully saturated rings. The van der Waals surface area contributed by atoms with E-state index in [1.165, 1.54) is 0 Å². The number of nitrogens with one attached hydrogen (secondary N) is 1. The van der Waals surface area contributed by atoms with Gasteiger partial charge in [0.25, 0.3) is 0 Å². The summed E-state index contributed by atoms with van der Waals surface area (Å²) < 4.78 is 13.5. The quantitative estimate of drug-likeness (QED) is 0.744. The summed E-state index contributed by atoms with van der Waals surface area (Å²) in [5, 5.41) is 3.50. The zero-order valence-corrected chi connectivity index (χ0v) is 10.2. The van der Waals surface area contributed by atoms with Gasteiger partial charge in [0, 0.05) is 6.04 Å². The van der Waals surface area contributed by atoms with Crippen molar-refractivity contribution in [1.82, 2.24) is 5.32 Å². The minimum Gasteiger partial charge on any atom is -0.330 e. The maximum atomic E-state index is 13.5. The lowest BCUT2D eigenvalue weighted by atomic mass is 9.75. The van der Waals surface area contributed by atoms with Gasteiger partial charge in [0.2, 0.25) is 0 Å². The van der Waals surface area contributed by atoms with Crippen LogP contribution in [0.5, 0.6) is 0 Å². The van der Waals surface area contributed by atoms with Crippen LogP contribution in [0, 0.1) is 5.82 Å². The third-order valence-corrected chi connectivity index (χ3v) is 3.55. The van der Waals surface area contributed by atoms with Gasteiger partial charge >= 0.3 is 0 Å². The van der Waals surface area contributed by atoms with Gasteiger partial charge < -0.3 is 11.1 Å². The molecular formula is C14H21FN2. The van der Waals surface area contributed by atoms with Gasteiger partial charge in [0.1, 0.15) is 5.82 Å². The number of benzene rings is 1. The predicted octanol–water partition coefficient (Wildman–Crippen LogP) is 2.40. The van der Waals surface area contributed by atoms with Crippen LogP contribution in [0.2, 0.25) is 0 Å². The highest BCUT2D eigenvalue weighted by Gasteiger charge is 2.31. The van der Waals surface area contributed by atoms with E-state index in [2.05, 4.69) is 5.32 Å². The molecule has 0 heterocycles. The zero-order valence-electron chi connectivity index (χ0n) is 10.2. The highest BCUT2D eigenvalue weighted by molar-refractivity contribution is 5.24. The van der Waals surface area contributed by atoms with E-state index in [0.29, 0.717) is 12.0 Å². The Hall–Kier alpha value is -0.930. The largest absolute Gasteiger partial charge is 0.330 e. The van der Waals surface area contributed by atoms with Crippen molar-refractivity contribution in [2.24, 2.45) is 5.73 Å². The standard InChI is InChI=1S/C14H21FN2/c15-14-6-2-1-5-13(14)11-9-12(10-11)17-8-4-3-7-16/h1-2,5-6,11-12,17H,3-4,7-10,16H2. The molecule has 94 valence electrons. The van der Waals surface area contributed by atoms with Crippen LogP contribution >= 0.6 is 0 Å². The van der Waals surface area contributed by atoms with Crippen molar-refractivity contribution >= 4 is 0 Å². The number of halogens is 1. The average molecular weight is 236 g/mol. The molecule has 0 bridgehead atoms. The van der Waals surface area contributed by atoms with Crippen LogP contribution in [0.3, 0.4) is 0 Å². The molecular weight excluding hydrogens is 215 g/mol. The summed E-state index contributed by atoms with van der Waals surface area (Å²) in [6, 6.07) is 7.69. The van der Waals surface area contributed by atoms with Crippen molar-refractivity contribution in [2.45, 2.75) is 37.6 Å². The van der Waals surface area contributed by atoms with Gasteiger partial charge in [-0.1, -0.05) is 18.2 Å². The third kappa shape index (κ3) is 3.27. The summed E-state index contributed by atoms with van der Waals surface area (Å²) in [6.45, 7) is 1.80. The summed E-state index contributed by atoms with van der Waals surface area (Å²) in [5.41, 5.74) is 6.32. The first kappa shape index (κ1) is 12.5. The topological polar surface area (TPSA) is 38.0 Å². The number of nitrogens with two attached hydrogens (primary N) is 1. The fourth-order valence-electron chi connectivity index (χ4n) is 2.42. The minimum absolute atomic E-state index is 0.0564. The van der Waals surface area contributed by atoms with Crippen LogP contribution in [-0.4, -0.2) is 19.1 Å². The van der Waals surface area contributed by atoms with E-state index in [0.717, 1.165) is 44.3 Å². The molecule has 1 aliphatic carbocycles. The Bertz CT molecular complexity index is 348. The van der Waals surface area contributed by atoms with Crippen LogP contribution < -0.4 is 11.1 Å². The van der Waals surface area contributed by atoms with Gasteiger partial charge in [-0.3, -0.25) is 0 Å². The monoisotopic (exact) mass is 236 g/mol. The second-order valence-corrected chi connectivity index (χ2v) is 4.84. The van der Waals surface area contributed by atoms with Gasteiger partial charge in [-0.2, -0.15) is 0 Å². The molecule has 1 aromatic carbocycles. The molecule has 2 rings (SSSR count). The molecule has 0 saturated heterocycles. The normalized spacial score (nSPS) is 23.4. The Morgan fingerprint density at radius 3 is 2.71 bits per heavy atom. The van der Waals surface area contributed by atoms with Gasteiger partial charge in [0.05, 0.1) is 0 Å². The molecule has 1 aliphatic rings. The van der Waals surface area contributed by atoms with Gasteiger partial charge in [-0.15, -0.1) is 0 Å². The third-order valence-electron chi connectivity index (χ3n) is 3.55. The summed E-state index contributed by atoms with van der Waals surface area (Å²) in [6.07, 6.45) is 4.33. The fourth-order valence-corrected chi connectivity index (χ4v) is 2.42. The molecule has 3 heteroatoms. The molecule has 2 nitrogen and oxygen atoms in total. The molecule has 1 saturated carbocycles. The van der Waals surface area contributed by atoms with Crippen LogP contribution in [-0.2, 0) is 0 Å². The number of hydrogen-bond donors (Lipinski definition) is 2. The van der Waals surface area contributed by atoms with E-state index in [-0.39, 0.29) is 5.82 Å². The molecule has 0 spiro atoms. The van der Waals surface area contributed by atoms with Crippen molar-refractivity contribution in [3.63, 3.8) is 0 Å². The molecule has 0 unspecified atom stereocenters. The second kappa shape index (κ2) is 6.12. The fraction of sp³-hybridized carbons (Fsp3) is 0.571. The van der Waals surface area contributed by atoms with Crippen molar-refractivity contribution < 1.29 is 4.39 Å². The van der Waals surface area contributed by atoms with E-state index < -0.39 is 0 Å². The van der Waals surface area contributed by atoms with Crippen molar-refractivity contribution in [2.75, 3.05) is 13.1 Å². The maximum absolute atomic E-state index is 13.5. The van der Waals surface area contributed by atoms with Crippen LogP contribution in [0.25, 0.3) is 0 Å². The predicted molar refractivity (Wildman–Crippen MR) is 68.5 cm³/mol. The van der Waals surface area contributed by atoms with Crippen molar-refractivity contribution in [3.05, 3.63) is 35.6 Å². The lowest BCUT2D eigenvalue weighted by Crippen LogP contribution is -2.40. The lowest BCUT2D eigenvalue weighted by Gasteiger charge is -2.36. The van der Waals surface area contributed by atoms with Gasteiger partial charge in [-0.05, 0) is 56.3 Å². The smallest absolute Gasteiger partial charge is 0.126 e. The Labute approximate surface area is 102 Å². The Morgan fingerprint density at radius 2 is 2.00 bits per heavy atom. The van der Waals surface area contributed by atoms with Crippen molar-refractivity contribution in [3.8, 4) is 0 Å². The van der Waals surface area contributed by atoms with Gasteiger partial charge in [0.15, 0.2) is 0 Å². The first-order chi connectivity index (χ1) is 8.31. The van der Waals surface area contributed by atoms with E-state index in [9.17, 15) is 4.39 Å². The highest BCUT2D eigenvalue weighted by atomic mass is 19.1.